The zero-order chi connectivity index (χ0) is 19.4. The summed E-state index contributed by atoms with van der Waals surface area (Å²) in [7, 11) is 0. The average molecular weight is 379 g/mol. The number of rotatable bonds is 4. The summed E-state index contributed by atoms with van der Waals surface area (Å²) in [5.41, 5.74) is 1.37. The summed E-state index contributed by atoms with van der Waals surface area (Å²) in [6.45, 7) is 2.80. The van der Waals surface area contributed by atoms with Gasteiger partial charge in [0.15, 0.2) is 5.69 Å². The van der Waals surface area contributed by atoms with E-state index >= 15 is 0 Å². The van der Waals surface area contributed by atoms with Crippen LogP contribution in [-0.2, 0) is 11.2 Å². The van der Waals surface area contributed by atoms with Crippen molar-refractivity contribution in [3.05, 3.63) is 54.1 Å². The van der Waals surface area contributed by atoms with E-state index in [-0.39, 0.29) is 17.2 Å². The van der Waals surface area contributed by atoms with E-state index in [0.717, 1.165) is 37.9 Å². The normalized spacial score (nSPS) is 22.5. The number of piperidine rings is 2. The Balaban J connectivity index is 1.43. The van der Waals surface area contributed by atoms with E-state index in [1.807, 2.05) is 28.0 Å². The Morgan fingerprint density at radius 3 is 2.82 bits per heavy atom. The third-order valence-electron chi connectivity index (χ3n) is 5.85. The Bertz CT molecular complexity index is 829. The Kier molecular flexibility index (Phi) is 5.32. The second kappa shape index (κ2) is 8.04. The molecule has 1 spiro atoms. The molecule has 2 aromatic heterocycles. The molecular weight excluding hydrogens is 354 g/mol. The second-order valence-electron chi connectivity index (χ2n) is 7.83. The van der Waals surface area contributed by atoms with Crippen molar-refractivity contribution in [2.24, 2.45) is 5.41 Å². The summed E-state index contributed by atoms with van der Waals surface area (Å²) in [5, 5.41) is 7.79. The van der Waals surface area contributed by atoms with E-state index < -0.39 is 0 Å². The molecule has 2 aromatic rings. The summed E-state index contributed by atoms with van der Waals surface area (Å²) in [4.78, 5) is 33.5. The summed E-state index contributed by atoms with van der Waals surface area (Å²) >= 11 is 0. The number of amides is 2. The van der Waals surface area contributed by atoms with E-state index in [2.05, 4.69) is 15.2 Å². The molecule has 0 bridgehead atoms. The second-order valence-corrected chi connectivity index (χ2v) is 7.83. The fraction of sp³-hybridized carbons (Fsp3) is 0.476. The number of carbonyl (C=O) groups is 2. The van der Waals surface area contributed by atoms with Crippen LogP contribution in [0, 0.1) is 5.41 Å². The van der Waals surface area contributed by atoms with Gasteiger partial charge in [-0.15, -0.1) is 5.10 Å². The predicted octanol–water partition coefficient (Wildman–Crippen LogP) is 1.96. The van der Waals surface area contributed by atoms with Gasteiger partial charge in [-0.05, 0) is 43.5 Å². The van der Waals surface area contributed by atoms with Crippen LogP contribution >= 0.6 is 0 Å². The van der Waals surface area contributed by atoms with Crippen LogP contribution in [0.5, 0.6) is 0 Å². The molecule has 2 fully saturated rings. The molecule has 0 radical (unpaired) electrons. The van der Waals surface area contributed by atoms with Crippen LogP contribution in [0.25, 0.3) is 0 Å². The van der Waals surface area contributed by atoms with Crippen molar-refractivity contribution in [2.45, 2.75) is 32.1 Å². The molecule has 0 saturated carbocycles. The fourth-order valence-electron chi connectivity index (χ4n) is 4.39. The lowest BCUT2D eigenvalue weighted by Crippen LogP contribution is -2.55. The lowest BCUT2D eigenvalue weighted by atomic mass is 9.73. The van der Waals surface area contributed by atoms with E-state index in [1.165, 1.54) is 0 Å². The Hall–Kier alpha value is -2.83. The monoisotopic (exact) mass is 379 g/mol. The minimum Gasteiger partial charge on any atom is -0.342 e. The van der Waals surface area contributed by atoms with Gasteiger partial charge in [-0.3, -0.25) is 14.6 Å². The van der Waals surface area contributed by atoms with Gasteiger partial charge in [0.25, 0.3) is 5.91 Å². The van der Waals surface area contributed by atoms with E-state index in [4.69, 9.17) is 0 Å². The van der Waals surface area contributed by atoms with Crippen LogP contribution in [0.15, 0.2) is 42.7 Å². The molecular formula is C21H25N5O2. The third kappa shape index (κ3) is 4.03. The highest BCUT2D eigenvalue weighted by molar-refractivity contribution is 5.92. The first-order valence-corrected chi connectivity index (χ1v) is 9.90. The standard InChI is InChI=1S/C21H25N5O2/c27-19-7-10-21(15-25(19)14-8-17-5-1-2-11-22-17)9-4-13-26(16-21)20(28)18-6-3-12-23-24-18/h1-3,5-6,11-12H,4,7-10,13-16H2. The molecule has 0 aliphatic carbocycles. The Morgan fingerprint density at radius 2 is 2.04 bits per heavy atom. The first-order valence-electron chi connectivity index (χ1n) is 9.90. The summed E-state index contributed by atoms with van der Waals surface area (Å²) < 4.78 is 0. The first-order chi connectivity index (χ1) is 13.7. The molecule has 146 valence electrons. The van der Waals surface area contributed by atoms with Crippen LogP contribution < -0.4 is 0 Å². The van der Waals surface area contributed by atoms with Gasteiger partial charge in [0.1, 0.15) is 0 Å². The SMILES string of the molecule is O=C1CCC2(CCCN(C(=O)c3cccnn3)C2)CN1CCc1ccccn1. The van der Waals surface area contributed by atoms with Gasteiger partial charge in [-0.1, -0.05) is 6.07 Å². The summed E-state index contributed by atoms with van der Waals surface area (Å²) in [6, 6.07) is 9.30. The maximum Gasteiger partial charge on any atom is 0.274 e. The first kappa shape index (κ1) is 18.5. The smallest absolute Gasteiger partial charge is 0.274 e. The highest BCUT2D eigenvalue weighted by Crippen LogP contribution is 2.39. The van der Waals surface area contributed by atoms with Gasteiger partial charge in [0.2, 0.25) is 5.91 Å². The van der Waals surface area contributed by atoms with Crippen LogP contribution in [0.4, 0.5) is 0 Å². The zero-order valence-corrected chi connectivity index (χ0v) is 16.0. The summed E-state index contributed by atoms with van der Waals surface area (Å²) in [5.74, 6) is 0.142. The number of aromatic nitrogens is 3. The minimum atomic E-state index is -0.0656. The van der Waals surface area contributed by atoms with Crippen molar-refractivity contribution >= 4 is 11.8 Å². The summed E-state index contributed by atoms with van der Waals surface area (Å²) in [6.07, 6.45) is 7.50. The molecule has 0 aromatic carbocycles. The largest absolute Gasteiger partial charge is 0.342 e. The van der Waals surface area contributed by atoms with Gasteiger partial charge < -0.3 is 9.80 Å². The number of hydrogen-bond acceptors (Lipinski definition) is 5. The van der Waals surface area contributed by atoms with Crippen LogP contribution in [0.3, 0.4) is 0 Å². The number of pyridine rings is 1. The maximum atomic E-state index is 12.8. The predicted molar refractivity (Wildman–Crippen MR) is 103 cm³/mol. The highest BCUT2D eigenvalue weighted by atomic mass is 16.2. The number of hydrogen-bond donors (Lipinski definition) is 0. The topological polar surface area (TPSA) is 79.3 Å². The average Bonchev–Trinajstić information content (AvgIpc) is 2.75. The zero-order valence-electron chi connectivity index (χ0n) is 16.0. The lowest BCUT2D eigenvalue weighted by Gasteiger charge is -2.48. The van der Waals surface area contributed by atoms with Crippen molar-refractivity contribution in [3.63, 3.8) is 0 Å². The Labute approximate surface area is 164 Å². The van der Waals surface area contributed by atoms with Crippen molar-refractivity contribution in [1.29, 1.82) is 0 Å². The molecule has 2 aliphatic heterocycles. The molecule has 28 heavy (non-hydrogen) atoms. The van der Waals surface area contributed by atoms with Crippen molar-refractivity contribution in [2.75, 3.05) is 26.2 Å². The van der Waals surface area contributed by atoms with E-state index in [9.17, 15) is 9.59 Å². The molecule has 7 heteroatoms. The lowest BCUT2D eigenvalue weighted by molar-refractivity contribution is -0.138. The van der Waals surface area contributed by atoms with Crippen LogP contribution in [0.2, 0.25) is 0 Å². The molecule has 1 unspecified atom stereocenters. The van der Waals surface area contributed by atoms with Gasteiger partial charge in [0, 0.05) is 62.5 Å². The van der Waals surface area contributed by atoms with E-state index in [0.29, 0.717) is 31.7 Å². The minimum absolute atomic E-state index is 0.0197. The molecule has 2 aliphatic rings. The quantitative estimate of drug-likeness (QED) is 0.811. The molecule has 0 N–H and O–H groups in total. The number of carbonyl (C=O) groups excluding carboxylic acids is 2. The van der Waals surface area contributed by atoms with E-state index in [1.54, 1.807) is 24.5 Å². The van der Waals surface area contributed by atoms with Crippen molar-refractivity contribution < 1.29 is 9.59 Å². The molecule has 4 rings (SSSR count). The molecule has 2 saturated heterocycles. The van der Waals surface area contributed by atoms with Crippen LogP contribution in [0.1, 0.15) is 41.9 Å². The van der Waals surface area contributed by atoms with Gasteiger partial charge in [-0.25, -0.2) is 0 Å². The van der Waals surface area contributed by atoms with Crippen molar-refractivity contribution in [1.82, 2.24) is 25.0 Å². The van der Waals surface area contributed by atoms with Gasteiger partial charge >= 0.3 is 0 Å². The molecule has 1 atom stereocenters. The van der Waals surface area contributed by atoms with Gasteiger partial charge in [-0.2, -0.15) is 5.10 Å². The highest BCUT2D eigenvalue weighted by Gasteiger charge is 2.42. The molecule has 2 amide bonds. The van der Waals surface area contributed by atoms with Crippen LogP contribution in [-0.4, -0.2) is 63.0 Å². The molecule has 4 heterocycles. The molecule has 7 nitrogen and oxygen atoms in total. The number of likely N-dealkylation sites (tertiary alicyclic amines) is 2. The van der Waals surface area contributed by atoms with Crippen molar-refractivity contribution in [3.8, 4) is 0 Å². The maximum absolute atomic E-state index is 12.8. The van der Waals surface area contributed by atoms with Gasteiger partial charge in [0.05, 0.1) is 0 Å². The number of nitrogens with zero attached hydrogens (tertiary/aromatic N) is 5. The fourth-order valence-corrected chi connectivity index (χ4v) is 4.39. The third-order valence-corrected chi connectivity index (χ3v) is 5.85. The Morgan fingerprint density at radius 1 is 1.11 bits per heavy atom.